The molecule has 0 saturated carbocycles. The molecule has 102 valence electrons. The number of nitrogens with one attached hydrogen (secondary N) is 1. The van der Waals surface area contributed by atoms with Crippen LogP contribution in [-0.4, -0.2) is 0 Å². The minimum absolute atomic E-state index is 0.211. The molecule has 0 bridgehead atoms. The maximum Gasteiger partial charge on any atom is 0.0992 e. The van der Waals surface area contributed by atoms with Crippen LogP contribution >= 0.6 is 0 Å². The molecule has 0 saturated heterocycles. The summed E-state index contributed by atoms with van der Waals surface area (Å²) in [6, 6.07) is 14.5. The van der Waals surface area contributed by atoms with Gasteiger partial charge >= 0.3 is 0 Å². The highest BCUT2D eigenvalue weighted by atomic mass is 14.9. The third-order valence-corrected chi connectivity index (χ3v) is 3.72. The topological polar surface area (TPSA) is 35.8 Å². The zero-order valence-electron chi connectivity index (χ0n) is 12.5. The van der Waals surface area contributed by atoms with Crippen molar-refractivity contribution in [3.8, 4) is 6.07 Å². The normalized spacial score (nSPS) is 11.8. The van der Waals surface area contributed by atoms with Gasteiger partial charge in [-0.2, -0.15) is 5.26 Å². The molecule has 1 N–H and O–H groups in total. The van der Waals surface area contributed by atoms with Crippen LogP contribution in [0, 0.1) is 32.1 Å². The molecule has 0 aliphatic rings. The third kappa shape index (κ3) is 3.00. The molecule has 0 spiro atoms. The molecule has 0 amide bonds. The molecule has 2 aromatic rings. The summed E-state index contributed by atoms with van der Waals surface area (Å²) in [6.45, 7) is 8.57. The van der Waals surface area contributed by atoms with Gasteiger partial charge < -0.3 is 5.32 Å². The Balaban J connectivity index is 2.26. The summed E-state index contributed by atoms with van der Waals surface area (Å²) >= 11 is 0. The molecule has 20 heavy (non-hydrogen) atoms. The van der Waals surface area contributed by atoms with Crippen LogP contribution in [0.4, 0.5) is 5.69 Å². The van der Waals surface area contributed by atoms with E-state index in [1.165, 1.54) is 22.3 Å². The number of nitriles is 1. The quantitative estimate of drug-likeness (QED) is 0.875. The van der Waals surface area contributed by atoms with Crippen molar-refractivity contribution < 1.29 is 0 Å². The van der Waals surface area contributed by atoms with Crippen molar-refractivity contribution in [1.29, 1.82) is 5.26 Å². The van der Waals surface area contributed by atoms with Gasteiger partial charge in [-0.05, 0) is 68.1 Å². The molecule has 0 radical (unpaired) electrons. The molecule has 2 aromatic carbocycles. The summed E-state index contributed by atoms with van der Waals surface area (Å²) in [4.78, 5) is 0. The van der Waals surface area contributed by atoms with Gasteiger partial charge in [0.1, 0.15) is 0 Å². The zero-order valence-corrected chi connectivity index (χ0v) is 12.5. The molecule has 2 heteroatoms. The Morgan fingerprint density at radius 2 is 1.70 bits per heavy atom. The Hall–Kier alpha value is -2.27. The minimum Gasteiger partial charge on any atom is -0.378 e. The number of nitrogens with zero attached hydrogens (tertiary/aromatic N) is 1. The van der Waals surface area contributed by atoms with E-state index in [1.807, 2.05) is 24.3 Å². The first-order valence-corrected chi connectivity index (χ1v) is 6.85. The highest BCUT2D eigenvalue weighted by Crippen LogP contribution is 2.25. The van der Waals surface area contributed by atoms with Crippen LogP contribution in [0.5, 0.6) is 0 Å². The van der Waals surface area contributed by atoms with Gasteiger partial charge in [0, 0.05) is 11.7 Å². The molecule has 1 unspecified atom stereocenters. The first-order valence-electron chi connectivity index (χ1n) is 6.85. The molecule has 0 aliphatic carbocycles. The maximum absolute atomic E-state index is 8.95. The van der Waals surface area contributed by atoms with Gasteiger partial charge in [0.2, 0.25) is 0 Å². The lowest BCUT2D eigenvalue weighted by Gasteiger charge is -2.19. The van der Waals surface area contributed by atoms with Crippen molar-refractivity contribution in [3.63, 3.8) is 0 Å². The number of benzene rings is 2. The van der Waals surface area contributed by atoms with Crippen LogP contribution in [0.3, 0.4) is 0 Å². The summed E-state index contributed by atoms with van der Waals surface area (Å²) in [5, 5.41) is 12.4. The Bertz CT molecular complexity index is 666. The number of hydrogen-bond donors (Lipinski definition) is 1. The lowest BCUT2D eigenvalue weighted by molar-refractivity contribution is 0.870. The fraction of sp³-hybridized carbons (Fsp3) is 0.278. The van der Waals surface area contributed by atoms with Gasteiger partial charge in [0.25, 0.3) is 0 Å². The van der Waals surface area contributed by atoms with Crippen molar-refractivity contribution in [2.75, 3.05) is 5.32 Å². The molecule has 1 atom stereocenters. The van der Waals surface area contributed by atoms with Gasteiger partial charge in [-0.3, -0.25) is 0 Å². The number of hydrogen-bond acceptors (Lipinski definition) is 2. The molecular formula is C18H20N2. The van der Waals surface area contributed by atoms with E-state index in [-0.39, 0.29) is 6.04 Å². The van der Waals surface area contributed by atoms with Crippen molar-refractivity contribution in [1.82, 2.24) is 0 Å². The summed E-state index contributed by atoms with van der Waals surface area (Å²) in [5.41, 5.74) is 6.89. The molecule has 2 nitrogen and oxygen atoms in total. The van der Waals surface area contributed by atoms with Gasteiger partial charge in [-0.1, -0.05) is 18.2 Å². The van der Waals surface area contributed by atoms with Gasteiger partial charge in [0.05, 0.1) is 11.6 Å². The second-order valence-electron chi connectivity index (χ2n) is 5.35. The smallest absolute Gasteiger partial charge is 0.0992 e. The van der Waals surface area contributed by atoms with Gasteiger partial charge in [-0.15, -0.1) is 0 Å². The van der Waals surface area contributed by atoms with E-state index in [4.69, 9.17) is 5.26 Å². The molecule has 0 fully saturated rings. The Morgan fingerprint density at radius 1 is 1.00 bits per heavy atom. The number of aryl methyl sites for hydroxylation is 3. The highest BCUT2D eigenvalue weighted by molar-refractivity contribution is 5.51. The predicted molar refractivity (Wildman–Crippen MR) is 83.8 cm³/mol. The van der Waals surface area contributed by atoms with E-state index in [2.05, 4.69) is 51.2 Å². The number of rotatable bonds is 3. The van der Waals surface area contributed by atoms with E-state index >= 15 is 0 Å². The first-order chi connectivity index (χ1) is 9.51. The fourth-order valence-corrected chi connectivity index (χ4v) is 2.46. The molecule has 0 aliphatic heterocycles. The summed E-state index contributed by atoms with van der Waals surface area (Å²) in [6.07, 6.45) is 0. The van der Waals surface area contributed by atoms with Crippen LogP contribution in [-0.2, 0) is 0 Å². The Kier molecular flexibility index (Phi) is 4.10. The molecular weight excluding hydrogens is 244 g/mol. The minimum atomic E-state index is 0.211. The van der Waals surface area contributed by atoms with Crippen molar-refractivity contribution >= 4 is 5.69 Å². The zero-order chi connectivity index (χ0) is 14.7. The van der Waals surface area contributed by atoms with Crippen LogP contribution in [0.15, 0.2) is 36.4 Å². The van der Waals surface area contributed by atoms with Gasteiger partial charge in [-0.25, -0.2) is 0 Å². The van der Waals surface area contributed by atoms with Crippen LogP contribution in [0.25, 0.3) is 0 Å². The van der Waals surface area contributed by atoms with Crippen LogP contribution in [0.2, 0.25) is 0 Å². The lowest BCUT2D eigenvalue weighted by Crippen LogP contribution is -2.09. The molecule has 0 heterocycles. The van der Waals surface area contributed by atoms with Crippen LogP contribution < -0.4 is 5.32 Å². The lowest BCUT2D eigenvalue weighted by atomic mass is 9.96. The SMILES string of the molecule is Cc1cc(C)c(C(C)Nc2cccc(C#N)c2)cc1C. The predicted octanol–water partition coefficient (Wildman–Crippen LogP) is 4.66. The van der Waals surface area contributed by atoms with Crippen LogP contribution in [0.1, 0.15) is 40.8 Å². The third-order valence-electron chi connectivity index (χ3n) is 3.72. The van der Waals surface area contributed by atoms with Crippen molar-refractivity contribution in [3.05, 3.63) is 64.2 Å². The monoisotopic (exact) mass is 264 g/mol. The standard InChI is InChI=1S/C18H20N2/c1-12-8-14(3)18(9-13(12)2)15(4)20-17-7-5-6-16(10-17)11-19/h5-10,15,20H,1-4H3. The summed E-state index contributed by atoms with van der Waals surface area (Å²) in [7, 11) is 0. The fourth-order valence-electron chi connectivity index (χ4n) is 2.46. The van der Waals surface area contributed by atoms with E-state index in [0.717, 1.165) is 5.69 Å². The molecule has 2 rings (SSSR count). The van der Waals surface area contributed by atoms with Crippen molar-refractivity contribution in [2.45, 2.75) is 33.7 Å². The van der Waals surface area contributed by atoms with E-state index in [9.17, 15) is 0 Å². The second kappa shape index (κ2) is 5.79. The Labute approximate surface area is 121 Å². The number of anilines is 1. The average Bonchev–Trinajstić information content (AvgIpc) is 2.43. The molecule has 0 aromatic heterocycles. The van der Waals surface area contributed by atoms with Gasteiger partial charge in [0.15, 0.2) is 0 Å². The largest absolute Gasteiger partial charge is 0.378 e. The van der Waals surface area contributed by atoms with E-state index in [1.54, 1.807) is 0 Å². The Morgan fingerprint density at radius 3 is 2.40 bits per heavy atom. The van der Waals surface area contributed by atoms with E-state index < -0.39 is 0 Å². The first kappa shape index (κ1) is 14.1. The second-order valence-corrected chi connectivity index (χ2v) is 5.35. The highest BCUT2D eigenvalue weighted by Gasteiger charge is 2.10. The average molecular weight is 264 g/mol. The van der Waals surface area contributed by atoms with Crippen molar-refractivity contribution in [2.24, 2.45) is 0 Å². The summed E-state index contributed by atoms with van der Waals surface area (Å²) < 4.78 is 0. The van der Waals surface area contributed by atoms with E-state index in [0.29, 0.717) is 5.56 Å². The maximum atomic E-state index is 8.95. The summed E-state index contributed by atoms with van der Waals surface area (Å²) in [5.74, 6) is 0.